The predicted molar refractivity (Wildman–Crippen MR) is 146 cm³/mol. The van der Waals surface area contributed by atoms with Crippen LogP contribution in [0.5, 0.6) is 17.2 Å². The highest BCUT2D eigenvalue weighted by Gasteiger charge is 2.51. The third kappa shape index (κ3) is 5.83. The van der Waals surface area contributed by atoms with Gasteiger partial charge in [0.1, 0.15) is 83.8 Å². The molecule has 5 rings (SSSR count). The minimum absolute atomic E-state index is 0.0453. The maximum atomic E-state index is 13.2. The zero-order valence-corrected chi connectivity index (χ0v) is 23.4. The van der Waals surface area contributed by atoms with Crippen LogP contribution >= 0.6 is 0 Å². The highest BCUT2D eigenvalue weighted by molar-refractivity contribution is 5.89. The molecule has 0 amide bonds. The molecule has 2 aromatic carbocycles. The minimum atomic E-state index is -1.89. The molecular weight excluding hydrogens is 588 g/mol. The van der Waals surface area contributed by atoms with Crippen molar-refractivity contribution in [3.05, 3.63) is 52.2 Å². The SMILES string of the molecule is CC(=O)OC[C@@H]1O[C@@H](c2c(O)cc(O)c3c(=O)cc(-c4ccc(O)cc4)oc23)[C@H](O[C@@H]2O[C@@H](C)[C@H](O)[C@H](O)[C@@H]2O)[C@@H](O)[C@@H]1O. The number of benzene rings is 2. The molecule has 0 bridgehead atoms. The summed E-state index contributed by atoms with van der Waals surface area (Å²) in [7, 11) is 0. The Kier molecular flexibility index (Phi) is 8.84. The van der Waals surface area contributed by atoms with E-state index >= 15 is 0 Å². The number of rotatable bonds is 6. The third-order valence-corrected chi connectivity index (χ3v) is 7.67. The van der Waals surface area contributed by atoms with E-state index in [0.29, 0.717) is 5.56 Å². The van der Waals surface area contributed by atoms with E-state index < -0.39 is 96.3 Å². The average Bonchev–Trinajstić information content (AvgIpc) is 2.97. The maximum Gasteiger partial charge on any atom is 0.302 e. The molecular formula is C29H32O15. The lowest BCUT2D eigenvalue weighted by Crippen LogP contribution is -2.62. The molecule has 0 spiro atoms. The van der Waals surface area contributed by atoms with Gasteiger partial charge in [-0.05, 0) is 31.2 Å². The number of fused-ring (bicyclic) bond motifs is 1. The van der Waals surface area contributed by atoms with Gasteiger partial charge in [-0.1, -0.05) is 0 Å². The predicted octanol–water partition coefficient (Wildman–Crippen LogP) is -0.486. The normalized spacial score (nSPS) is 32.4. The quantitative estimate of drug-likeness (QED) is 0.162. The molecule has 1 aromatic heterocycles. The minimum Gasteiger partial charge on any atom is -0.508 e. The van der Waals surface area contributed by atoms with Gasteiger partial charge in [0.05, 0.1) is 11.7 Å². The Morgan fingerprint density at radius 1 is 0.864 bits per heavy atom. The number of carbonyl (C=O) groups is 1. The molecule has 8 N–H and O–H groups in total. The highest BCUT2D eigenvalue weighted by atomic mass is 16.7. The van der Waals surface area contributed by atoms with Crippen molar-refractivity contribution in [3.63, 3.8) is 0 Å². The van der Waals surface area contributed by atoms with Gasteiger partial charge in [0.25, 0.3) is 0 Å². The van der Waals surface area contributed by atoms with E-state index in [2.05, 4.69) is 0 Å². The number of aliphatic hydroxyl groups is 5. The largest absolute Gasteiger partial charge is 0.508 e. The molecule has 2 aliphatic heterocycles. The second-order valence-electron chi connectivity index (χ2n) is 10.7. The van der Waals surface area contributed by atoms with Crippen LogP contribution in [0.3, 0.4) is 0 Å². The maximum absolute atomic E-state index is 13.2. The van der Waals surface area contributed by atoms with Crippen LogP contribution in [0.2, 0.25) is 0 Å². The first-order valence-corrected chi connectivity index (χ1v) is 13.6. The topological polar surface area (TPSA) is 246 Å². The Hall–Kier alpha value is -3.80. The fraction of sp³-hybridized carbons (Fsp3) is 0.448. The number of phenols is 3. The van der Waals surface area contributed by atoms with Crippen molar-refractivity contribution in [3.8, 4) is 28.6 Å². The first-order valence-electron chi connectivity index (χ1n) is 13.6. The van der Waals surface area contributed by atoms with Crippen LogP contribution < -0.4 is 5.43 Å². The molecule has 0 radical (unpaired) electrons. The number of aromatic hydroxyl groups is 3. The fourth-order valence-corrected chi connectivity index (χ4v) is 5.31. The Morgan fingerprint density at radius 2 is 1.55 bits per heavy atom. The molecule has 238 valence electrons. The summed E-state index contributed by atoms with van der Waals surface area (Å²) >= 11 is 0. The van der Waals surface area contributed by atoms with Gasteiger partial charge < -0.3 is 64.2 Å². The van der Waals surface area contributed by atoms with E-state index in [4.69, 9.17) is 23.4 Å². The molecule has 3 aromatic rings. The molecule has 2 aliphatic rings. The fourth-order valence-electron chi connectivity index (χ4n) is 5.31. The zero-order valence-electron chi connectivity index (χ0n) is 23.4. The van der Waals surface area contributed by atoms with Gasteiger partial charge in [-0.15, -0.1) is 0 Å². The molecule has 10 atom stereocenters. The van der Waals surface area contributed by atoms with Crippen LogP contribution in [0.15, 0.2) is 45.6 Å². The van der Waals surface area contributed by atoms with Crippen LogP contribution in [-0.2, 0) is 23.7 Å². The number of aliphatic hydroxyl groups excluding tert-OH is 5. The second kappa shape index (κ2) is 12.3. The summed E-state index contributed by atoms with van der Waals surface area (Å²) < 4.78 is 28.3. The van der Waals surface area contributed by atoms with Gasteiger partial charge in [0.15, 0.2) is 17.3 Å². The van der Waals surface area contributed by atoms with Crippen LogP contribution in [0.4, 0.5) is 0 Å². The number of phenolic OH excluding ortho intramolecular Hbond substituents is 3. The van der Waals surface area contributed by atoms with E-state index in [9.17, 15) is 50.4 Å². The van der Waals surface area contributed by atoms with Gasteiger partial charge in [0, 0.05) is 24.6 Å². The molecule has 2 saturated heterocycles. The van der Waals surface area contributed by atoms with Gasteiger partial charge in [0.2, 0.25) is 0 Å². The van der Waals surface area contributed by atoms with Gasteiger partial charge >= 0.3 is 5.97 Å². The van der Waals surface area contributed by atoms with E-state index in [-0.39, 0.29) is 22.5 Å². The van der Waals surface area contributed by atoms with Crippen LogP contribution in [0, 0.1) is 0 Å². The number of hydrogen-bond donors (Lipinski definition) is 8. The summed E-state index contributed by atoms with van der Waals surface area (Å²) in [5.41, 5.74) is -1.15. The summed E-state index contributed by atoms with van der Waals surface area (Å²) in [5.74, 6) is -2.18. The second-order valence-corrected chi connectivity index (χ2v) is 10.7. The Bertz CT molecular complexity index is 1570. The van der Waals surface area contributed by atoms with Crippen molar-refractivity contribution < 1.29 is 69.0 Å². The molecule has 2 fully saturated rings. The van der Waals surface area contributed by atoms with Crippen molar-refractivity contribution in [1.29, 1.82) is 0 Å². The Labute approximate surface area is 248 Å². The van der Waals surface area contributed by atoms with Crippen LogP contribution in [0.1, 0.15) is 25.5 Å². The third-order valence-electron chi connectivity index (χ3n) is 7.67. The molecule has 0 aliphatic carbocycles. The van der Waals surface area contributed by atoms with E-state index in [0.717, 1.165) is 19.1 Å². The van der Waals surface area contributed by atoms with Crippen molar-refractivity contribution in [2.24, 2.45) is 0 Å². The van der Waals surface area contributed by atoms with E-state index in [1.165, 1.54) is 31.2 Å². The van der Waals surface area contributed by atoms with E-state index in [1.807, 2.05) is 0 Å². The van der Waals surface area contributed by atoms with Crippen molar-refractivity contribution >= 4 is 16.9 Å². The van der Waals surface area contributed by atoms with Crippen LogP contribution in [0.25, 0.3) is 22.3 Å². The number of ether oxygens (including phenoxy) is 4. The first kappa shape index (κ1) is 31.6. The Morgan fingerprint density at radius 3 is 2.20 bits per heavy atom. The number of carbonyl (C=O) groups excluding carboxylic acids is 1. The van der Waals surface area contributed by atoms with Gasteiger partial charge in [-0.25, -0.2) is 0 Å². The van der Waals surface area contributed by atoms with E-state index in [1.54, 1.807) is 0 Å². The molecule has 0 unspecified atom stereocenters. The summed E-state index contributed by atoms with van der Waals surface area (Å²) in [5, 5.41) is 84.1. The standard InChI is InChI=1S/C29H32O15/c1-10-21(35)23(37)25(39)29(41-10)44-28-24(38)22(36)18(9-40-11(2)30)43-27(28)20-15(33)7-14(32)19-16(34)8-17(42-26(19)20)12-3-5-13(31)6-4-12/h3-8,10,18,21-25,27-29,31-33,35-39H,9H2,1-2H3/t10-,18-,21-,22+,23-,24-,25-,27-,28+,29-/m0/s1. The number of hydrogen-bond acceptors (Lipinski definition) is 15. The first-order chi connectivity index (χ1) is 20.8. The summed E-state index contributed by atoms with van der Waals surface area (Å²) in [6, 6.07) is 7.49. The lowest BCUT2D eigenvalue weighted by molar-refractivity contribution is -0.338. The van der Waals surface area contributed by atoms with Gasteiger partial charge in [-0.3, -0.25) is 9.59 Å². The molecule has 15 nitrogen and oxygen atoms in total. The number of esters is 1. The summed E-state index contributed by atoms with van der Waals surface area (Å²) in [4.78, 5) is 24.7. The average molecular weight is 621 g/mol. The molecule has 0 saturated carbocycles. The summed E-state index contributed by atoms with van der Waals surface area (Å²) in [6.45, 7) is 1.95. The zero-order chi connectivity index (χ0) is 32.0. The molecule has 15 heteroatoms. The van der Waals surface area contributed by atoms with Crippen molar-refractivity contribution in [2.75, 3.05) is 6.61 Å². The lowest BCUT2D eigenvalue weighted by atomic mass is 9.89. The summed E-state index contributed by atoms with van der Waals surface area (Å²) in [6.07, 6.45) is -16.3. The smallest absolute Gasteiger partial charge is 0.302 e. The molecule has 44 heavy (non-hydrogen) atoms. The van der Waals surface area contributed by atoms with Crippen LogP contribution in [-0.4, -0.2) is 109 Å². The lowest BCUT2D eigenvalue weighted by Gasteiger charge is -2.46. The van der Waals surface area contributed by atoms with Crippen molar-refractivity contribution in [1.82, 2.24) is 0 Å². The Balaban J connectivity index is 1.66. The van der Waals surface area contributed by atoms with Crippen molar-refractivity contribution in [2.45, 2.75) is 75.1 Å². The molecule has 3 heterocycles. The van der Waals surface area contributed by atoms with Gasteiger partial charge in [-0.2, -0.15) is 0 Å². The monoisotopic (exact) mass is 620 g/mol. The highest BCUT2D eigenvalue weighted by Crippen LogP contribution is 2.45.